The molecule has 0 aliphatic rings. The predicted molar refractivity (Wildman–Crippen MR) is 84.3 cm³/mol. The Morgan fingerprint density at radius 2 is 1.29 bits per heavy atom. The molecule has 1 aromatic rings. The van der Waals surface area contributed by atoms with Crippen LogP contribution >= 0.6 is 0 Å². The minimum absolute atomic E-state index is 0.558. The van der Waals surface area contributed by atoms with Crippen LogP contribution in [0.1, 0.15) is 20.8 Å². The lowest BCUT2D eigenvalue weighted by molar-refractivity contribution is -0.134. The summed E-state index contributed by atoms with van der Waals surface area (Å²) in [5.41, 5.74) is 1.44. The Bertz CT molecular complexity index is 440. The number of aliphatic carboxylic acids is 2. The van der Waals surface area contributed by atoms with Gasteiger partial charge >= 0.3 is 11.9 Å². The molecule has 0 aromatic heterocycles. The summed E-state index contributed by atoms with van der Waals surface area (Å²) >= 11 is 0. The van der Waals surface area contributed by atoms with Gasteiger partial charge in [-0.05, 0) is 32.9 Å². The molecule has 0 radical (unpaired) electrons. The fourth-order valence-corrected chi connectivity index (χ4v) is 2.11. The Hall–Kier alpha value is -2.14. The second-order valence-corrected chi connectivity index (χ2v) is 4.44. The van der Waals surface area contributed by atoms with Gasteiger partial charge in [0.2, 0.25) is 0 Å². The minimum Gasteiger partial charge on any atom is -0.478 e. The highest BCUT2D eigenvalue weighted by Crippen LogP contribution is 2.21. The van der Waals surface area contributed by atoms with Crippen LogP contribution in [-0.4, -0.2) is 41.8 Å². The van der Waals surface area contributed by atoms with E-state index in [0.717, 1.165) is 4.48 Å². The first-order valence-electron chi connectivity index (χ1n) is 6.97. The molecule has 1 rings (SSSR count). The number of carboxylic acid groups (broad SMARTS) is 2. The van der Waals surface area contributed by atoms with Crippen LogP contribution in [0.2, 0.25) is 0 Å². The maximum atomic E-state index is 9.55. The van der Waals surface area contributed by atoms with Crippen LogP contribution in [0.4, 0.5) is 5.69 Å². The first-order valence-corrected chi connectivity index (χ1v) is 6.97. The Kier molecular flexibility index (Phi) is 8.73. The molecule has 0 aliphatic carbocycles. The van der Waals surface area contributed by atoms with Crippen molar-refractivity contribution in [1.29, 1.82) is 0 Å². The zero-order valence-corrected chi connectivity index (χ0v) is 12.8. The highest BCUT2D eigenvalue weighted by molar-refractivity contribution is 5.89. The number of nitrogens with zero attached hydrogens (tertiary/aromatic N) is 1. The second kappa shape index (κ2) is 9.72. The summed E-state index contributed by atoms with van der Waals surface area (Å²) < 4.78 is 1.10. The average Bonchev–Trinajstić information content (AvgIpc) is 2.49. The van der Waals surface area contributed by atoms with E-state index in [4.69, 9.17) is 10.2 Å². The topological polar surface area (TPSA) is 74.6 Å². The van der Waals surface area contributed by atoms with Crippen molar-refractivity contribution in [2.24, 2.45) is 0 Å². The molecular weight excluding hydrogens is 270 g/mol. The summed E-state index contributed by atoms with van der Waals surface area (Å²) in [4.78, 5) is 19.1. The number of quaternary nitrogens is 1. The Labute approximate surface area is 125 Å². The normalized spacial score (nSPS) is 10.8. The van der Waals surface area contributed by atoms with Crippen LogP contribution in [-0.2, 0) is 9.59 Å². The van der Waals surface area contributed by atoms with E-state index in [-0.39, 0.29) is 0 Å². The zero-order valence-electron chi connectivity index (χ0n) is 12.8. The van der Waals surface area contributed by atoms with E-state index in [1.54, 1.807) is 0 Å². The number of hydrogen-bond donors (Lipinski definition) is 2. The molecule has 21 heavy (non-hydrogen) atoms. The average molecular weight is 294 g/mol. The SMILES string of the molecule is CC[N+](CC)(CC)c1ccccc1.O=C(O)/C=C\C(=O)O. The van der Waals surface area contributed by atoms with Gasteiger partial charge in [0, 0.05) is 12.2 Å². The molecule has 0 saturated heterocycles. The van der Waals surface area contributed by atoms with Gasteiger partial charge in [0.15, 0.2) is 0 Å². The molecule has 0 heterocycles. The molecule has 0 bridgehead atoms. The van der Waals surface area contributed by atoms with Crippen molar-refractivity contribution in [2.75, 3.05) is 19.6 Å². The molecule has 116 valence electrons. The summed E-state index contributed by atoms with van der Waals surface area (Å²) in [6.07, 6.45) is 1.12. The molecule has 0 atom stereocenters. The van der Waals surface area contributed by atoms with Gasteiger partial charge in [0.25, 0.3) is 0 Å². The fourth-order valence-electron chi connectivity index (χ4n) is 2.11. The van der Waals surface area contributed by atoms with Crippen molar-refractivity contribution >= 4 is 17.6 Å². The first kappa shape index (κ1) is 18.9. The summed E-state index contributed by atoms with van der Waals surface area (Å²) in [5, 5.41) is 15.6. The fraction of sp³-hybridized carbons (Fsp3) is 0.375. The first-order chi connectivity index (χ1) is 9.91. The quantitative estimate of drug-likeness (QED) is 0.625. The second-order valence-electron chi connectivity index (χ2n) is 4.44. The smallest absolute Gasteiger partial charge is 0.328 e. The Morgan fingerprint density at radius 1 is 0.905 bits per heavy atom. The van der Waals surface area contributed by atoms with Crippen molar-refractivity contribution in [2.45, 2.75) is 20.8 Å². The molecule has 0 saturated carbocycles. The Morgan fingerprint density at radius 3 is 1.57 bits per heavy atom. The van der Waals surface area contributed by atoms with Gasteiger partial charge < -0.3 is 10.2 Å². The van der Waals surface area contributed by atoms with Gasteiger partial charge in [-0.25, -0.2) is 9.59 Å². The molecule has 5 nitrogen and oxygen atoms in total. The molecular formula is C16H24NO4+. The minimum atomic E-state index is -1.26. The van der Waals surface area contributed by atoms with Gasteiger partial charge in [0.05, 0.1) is 19.6 Å². The van der Waals surface area contributed by atoms with Crippen LogP contribution in [0.25, 0.3) is 0 Å². The van der Waals surface area contributed by atoms with Crippen LogP contribution in [0.5, 0.6) is 0 Å². The molecule has 0 aliphatic heterocycles. The van der Waals surface area contributed by atoms with E-state index >= 15 is 0 Å². The summed E-state index contributed by atoms with van der Waals surface area (Å²) in [7, 11) is 0. The summed E-state index contributed by atoms with van der Waals surface area (Å²) in [6, 6.07) is 10.8. The van der Waals surface area contributed by atoms with Crippen molar-refractivity contribution in [1.82, 2.24) is 4.48 Å². The maximum Gasteiger partial charge on any atom is 0.328 e. The van der Waals surface area contributed by atoms with Crippen LogP contribution in [0, 0.1) is 0 Å². The monoisotopic (exact) mass is 294 g/mol. The lowest BCUT2D eigenvalue weighted by Crippen LogP contribution is -2.48. The molecule has 0 fully saturated rings. The van der Waals surface area contributed by atoms with E-state index in [0.29, 0.717) is 12.2 Å². The van der Waals surface area contributed by atoms with Gasteiger partial charge in [-0.1, -0.05) is 18.2 Å². The van der Waals surface area contributed by atoms with E-state index in [1.165, 1.54) is 25.3 Å². The number of benzene rings is 1. The van der Waals surface area contributed by atoms with Gasteiger partial charge in [-0.15, -0.1) is 0 Å². The maximum absolute atomic E-state index is 9.55. The third-order valence-electron chi connectivity index (χ3n) is 3.49. The molecule has 0 amide bonds. The zero-order chi connectivity index (χ0) is 16.3. The molecule has 0 unspecified atom stereocenters. The lowest BCUT2D eigenvalue weighted by atomic mass is 10.2. The van der Waals surface area contributed by atoms with Crippen molar-refractivity contribution < 1.29 is 19.8 Å². The highest BCUT2D eigenvalue weighted by atomic mass is 16.4. The third-order valence-corrected chi connectivity index (χ3v) is 3.49. The number of hydrogen-bond acceptors (Lipinski definition) is 2. The standard InChI is InChI=1S/C12H20N.C4H4O4/c1-4-13(5-2,6-3)12-10-8-7-9-11-12;5-3(6)1-2-4(7)8/h7-11H,4-6H2,1-3H3;1-2H,(H,5,6)(H,7,8)/q+1;/b;2-1-. The van der Waals surface area contributed by atoms with Crippen molar-refractivity contribution in [3.05, 3.63) is 42.5 Å². The lowest BCUT2D eigenvalue weighted by Gasteiger charge is -2.35. The molecule has 2 N–H and O–H groups in total. The third kappa shape index (κ3) is 6.72. The number of carboxylic acids is 2. The molecule has 5 heteroatoms. The largest absolute Gasteiger partial charge is 0.478 e. The van der Waals surface area contributed by atoms with Crippen molar-refractivity contribution in [3.63, 3.8) is 0 Å². The van der Waals surface area contributed by atoms with E-state index in [1.807, 2.05) is 0 Å². The molecule has 0 spiro atoms. The van der Waals surface area contributed by atoms with E-state index in [2.05, 4.69) is 51.1 Å². The van der Waals surface area contributed by atoms with Crippen LogP contribution in [0.15, 0.2) is 42.5 Å². The van der Waals surface area contributed by atoms with Gasteiger partial charge in [-0.3, -0.25) is 4.48 Å². The van der Waals surface area contributed by atoms with Gasteiger partial charge in [-0.2, -0.15) is 0 Å². The number of para-hydroxylation sites is 1. The van der Waals surface area contributed by atoms with Gasteiger partial charge in [0.1, 0.15) is 5.69 Å². The van der Waals surface area contributed by atoms with Crippen LogP contribution < -0.4 is 4.48 Å². The highest BCUT2D eigenvalue weighted by Gasteiger charge is 2.23. The predicted octanol–water partition coefficient (Wildman–Crippen LogP) is 2.77. The van der Waals surface area contributed by atoms with E-state index < -0.39 is 11.9 Å². The molecule has 1 aromatic carbocycles. The summed E-state index contributed by atoms with van der Waals surface area (Å²) in [6.45, 7) is 10.3. The van der Waals surface area contributed by atoms with Crippen molar-refractivity contribution in [3.8, 4) is 0 Å². The van der Waals surface area contributed by atoms with Crippen LogP contribution in [0.3, 0.4) is 0 Å². The number of carbonyl (C=O) groups is 2. The van der Waals surface area contributed by atoms with E-state index in [9.17, 15) is 9.59 Å². The summed E-state index contributed by atoms with van der Waals surface area (Å²) in [5.74, 6) is -2.51. The number of rotatable bonds is 6. The Balaban J connectivity index is 0.000000433.